The Bertz CT molecular complexity index is 905. The maximum absolute atomic E-state index is 12.2. The summed E-state index contributed by atoms with van der Waals surface area (Å²) in [5.74, 6) is 2.09. The van der Waals surface area contributed by atoms with Crippen LogP contribution in [0.25, 0.3) is 11.4 Å². The van der Waals surface area contributed by atoms with E-state index in [1.807, 2.05) is 48.5 Å². The molecule has 0 spiro atoms. The Balaban J connectivity index is 1.58. The molecule has 0 radical (unpaired) electrons. The Morgan fingerprint density at radius 1 is 1.16 bits per heavy atom. The van der Waals surface area contributed by atoms with Gasteiger partial charge in [0.15, 0.2) is 6.61 Å². The fourth-order valence-electron chi connectivity index (χ4n) is 2.64. The number of rotatable bonds is 4. The lowest BCUT2D eigenvalue weighted by molar-refractivity contribution is -0.121. The highest BCUT2D eigenvalue weighted by molar-refractivity contribution is 5.97. The van der Waals surface area contributed by atoms with Crippen LogP contribution in [-0.2, 0) is 11.3 Å². The fourth-order valence-corrected chi connectivity index (χ4v) is 2.64. The van der Waals surface area contributed by atoms with Crippen LogP contribution in [0, 0.1) is 0 Å². The molecular formula is C18H15N3O4. The number of amides is 1. The monoisotopic (exact) mass is 337 g/mol. The molecule has 0 N–H and O–H groups in total. The van der Waals surface area contributed by atoms with Crippen LogP contribution < -0.4 is 14.4 Å². The first-order chi connectivity index (χ1) is 12.2. The van der Waals surface area contributed by atoms with Gasteiger partial charge in [0.25, 0.3) is 5.91 Å². The molecule has 0 atom stereocenters. The third kappa shape index (κ3) is 2.91. The lowest BCUT2D eigenvalue weighted by Crippen LogP contribution is -2.38. The summed E-state index contributed by atoms with van der Waals surface area (Å²) in [7, 11) is 1.61. The van der Waals surface area contributed by atoms with Crippen LogP contribution in [0.3, 0.4) is 0 Å². The minimum absolute atomic E-state index is 0.00348. The van der Waals surface area contributed by atoms with Crippen molar-refractivity contribution < 1.29 is 18.8 Å². The standard InChI is InChI=1S/C18H15N3O4/c1-23-13-8-6-12(7-9-13)18-19-16(25-20-18)10-21-14-4-2-3-5-15(14)24-11-17(21)22/h2-9H,10-11H2,1H3. The summed E-state index contributed by atoms with van der Waals surface area (Å²) in [6, 6.07) is 14.7. The van der Waals surface area contributed by atoms with Gasteiger partial charge in [-0.15, -0.1) is 0 Å². The molecule has 7 heteroatoms. The Hall–Kier alpha value is -3.35. The van der Waals surface area contributed by atoms with Crippen molar-refractivity contribution in [2.75, 3.05) is 18.6 Å². The first-order valence-corrected chi connectivity index (χ1v) is 7.74. The van der Waals surface area contributed by atoms with Crippen molar-refractivity contribution in [2.24, 2.45) is 0 Å². The molecule has 1 aliphatic rings. The molecule has 0 fully saturated rings. The lowest BCUT2D eigenvalue weighted by Gasteiger charge is -2.27. The van der Waals surface area contributed by atoms with Crippen molar-refractivity contribution in [2.45, 2.75) is 6.54 Å². The Morgan fingerprint density at radius 2 is 1.96 bits per heavy atom. The Kier molecular flexibility index (Phi) is 3.81. The summed E-state index contributed by atoms with van der Waals surface area (Å²) in [5, 5.41) is 3.99. The molecule has 126 valence electrons. The second kappa shape index (κ2) is 6.27. The van der Waals surface area contributed by atoms with Crippen LogP contribution in [0.15, 0.2) is 53.1 Å². The number of anilines is 1. The predicted molar refractivity (Wildman–Crippen MR) is 89.4 cm³/mol. The van der Waals surface area contributed by atoms with Crippen molar-refractivity contribution in [3.05, 3.63) is 54.4 Å². The predicted octanol–water partition coefficient (Wildman–Crippen LogP) is 2.67. The average molecular weight is 337 g/mol. The number of ether oxygens (including phenoxy) is 2. The van der Waals surface area contributed by atoms with E-state index in [9.17, 15) is 4.79 Å². The summed E-state index contributed by atoms with van der Waals surface area (Å²) in [4.78, 5) is 18.2. The molecule has 0 saturated heterocycles. The quantitative estimate of drug-likeness (QED) is 0.728. The van der Waals surface area contributed by atoms with E-state index in [0.717, 1.165) is 11.3 Å². The minimum Gasteiger partial charge on any atom is -0.497 e. The van der Waals surface area contributed by atoms with Crippen LogP contribution in [0.5, 0.6) is 11.5 Å². The van der Waals surface area contributed by atoms with Crippen LogP contribution in [0.2, 0.25) is 0 Å². The van der Waals surface area contributed by atoms with E-state index >= 15 is 0 Å². The van der Waals surface area contributed by atoms with Gasteiger partial charge in [-0.05, 0) is 36.4 Å². The van der Waals surface area contributed by atoms with E-state index in [1.165, 1.54) is 0 Å². The van der Waals surface area contributed by atoms with E-state index in [0.29, 0.717) is 23.2 Å². The Labute approximate surface area is 143 Å². The van der Waals surface area contributed by atoms with Gasteiger partial charge in [-0.1, -0.05) is 17.3 Å². The van der Waals surface area contributed by atoms with Crippen LogP contribution >= 0.6 is 0 Å². The number of carbonyl (C=O) groups is 1. The summed E-state index contributed by atoms with van der Waals surface area (Å²) in [5.41, 5.74) is 1.51. The zero-order valence-electron chi connectivity index (χ0n) is 13.5. The summed E-state index contributed by atoms with van der Waals surface area (Å²) < 4.78 is 15.9. The maximum Gasteiger partial charge on any atom is 0.265 e. The van der Waals surface area contributed by atoms with Crippen molar-refractivity contribution in [3.8, 4) is 22.9 Å². The van der Waals surface area contributed by atoms with Gasteiger partial charge >= 0.3 is 0 Å². The van der Waals surface area contributed by atoms with E-state index < -0.39 is 0 Å². The zero-order chi connectivity index (χ0) is 17.2. The molecular weight excluding hydrogens is 322 g/mol. The lowest BCUT2D eigenvalue weighted by atomic mass is 10.2. The van der Waals surface area contributed by atoms with Gasteiger partial charge < -0.3 is 14.0 Å². The van der Waals surface area contributed by atoms with Gasteiger partial charge in [-0.3, -0.25) is 9.69 Å². The number of nitrogens with zero attached hydrogens (tertiary/aromatic N) is 3. The highest BCUT2D eigenvalue weighted by atomic mass is 16.5. The largest absolute Gasteiger partial charge is 0.497 e. The smallest absolute Gasteiger partial charge is 0.265 e. The molecule has 0 saturated carbocycles. The summed E-state index contributed by atoms with van der Waals surface area (Å²) in [6.45, 7) is 0.193. The molecule has 0 unspecified atom stereocenters. The van der Waals surface area contributed by atoms with Crippen LogP contribution in [0.4, 0.5) is 5.69 Å². The molecule has 4 rings (SSSR count). The van der Waals surface area contributed by atoms with Crippen LogP contribution in [0.1, 0.15) is 5.89 Å². The number of carbonyl (C=O) groups excluding carboxylic acids is 1. The Morgan fingerprint density at radius 3 is 2.76 bits per heavy atom. The molecule has 25 heavy (non-hydrogen) atoms. The number of hydrogen-bond donors (Lipinski definition) is 0. The van der Waals surface area contributed by atoms with Gasteiger partial charge in [0.2, 0.25) is 11.7 Å². The zero-order valence-corrected chi connectivity index (χ0v) is 13.5. The molecule has 2 heterocycles. The van der Waals surface area contributed by atoms with Crippen molar-refractivity contribution in [1.82, 2.24) is 10.1 Å². The number of aromatic nitrogens is 2. The first-order valence-electron chi connectivity index (χ1n) is 7.74. The van der Waals surface area contributed by atoms with Crippen molar-refractivity contribution >= 4 is 11.6 Å². The summed E-state index contributed by atoms with van der Waals surface area (Å²) >= 11 is 0. The normalized spacial score (nSPS) is 13.3. The van der Waals surface area contributed by atoms with Gasteiger partial charge in [-0.25, -0.2) is 0 Å². The van der Waals surface area contributed by atoms with E-state index in [1.54, 1.807) is 12.0 Å². The van der Waals surface area contributed by atoms with Gasteiger partial charge in [0, 0.05) is 5.56 Å². The third-order valence-electron chi connectivity index (χ3n) is 3.92. The molecule has 3 aromatic rings. The maximum atomic E-state index is 12.2. The van der Waals surface area contributed by atoms with Crippen molar-refractivity contribution in [1.29, 1.82) is 0 Å². The van der Waals surface area contributed by atoms with E-state index in [4.69, 9.17) is 14.0 Å². The molecule has 1 amide bonds. The highest BCUT2D eigenvalue weighted by Crippen LogP contribution is 2.32. The molecule has 7 nitrogen and oxygen atoms in total. The van der Waals surface area contributed by atoms with Gasteiger partial charge in [-0.2, -0.15) is 4.98 Å². The number of para-hydroxylation sites is 2. The fraction of sp³-hybridized carbons (Fsp3) is 0.167. The van der Waals surface area contributed by atoms with E-state index in [-0.39, 0.29) is 19.1 Å². The molecule has 2 aromatic carbocycles. The first kappa shape index (κ1) is 15.2. The topological polar surface area (TPSA) is 77.7 Å². The SMILES string of the molecule is COc1ccc(-c2noc(CN3C(=O)COc4ccccc43)n2)cc1. The van der Waals surface area contributed by atoms with Gasteiger partial charge in [0.1, 0.15) is 18.0 Å². The van der Waals surface area contributed by atoms with Gasteiger partial charge in [0.05, 0.1) is 12.8 Å². The second-order valence-corrected chi connectivity index (χ2v) is 5.48. The summed E-state index contributed by atoms with van der Waals surface area (Å²) in [6.07, 6.45) is 0. The molecule has 0 aliphatic carbocycles. The molecule has 0 bridgehead atoms. The number of benzene rings is 2. The average Bonchev–Trinajstić information content (AvgIpc) is 3.13. The van der Waals surface area contributed by atoms with Crippen LogP contribution in [-0.4, -0.2) is 29.8 Å². The minimum atomic E-state index is -0.150. The molecule has 1 aliphatic heterocycles. The second-order valence-electron chi connectivity index (χ2n) is 5.48. The number of hydrogen-bond acceptors (Lipinski definition) is 6. The molecule has 1 aromatic heterocycles. The van der Waals surface area contributed by atoms with Crippen molar-refractivity contribution in [3.63, 3.8) is 0 Å². The third-order valence-corrected chi connectivity index (χ3v) is 3.92. The van der Waals surface area contributed by atoms with E-state index in [2.05, 4.69) is 10.1 Å². The number of fused-ring (bicyclic) bond motifs is 1. The number of methoxy groups -OCH3 is 1. The highest BCUT2D eigenvalue weighted by Gasteiger charge is 2.27.